The van der Waals surface area contributed by atoms with E-state index < -0.39 is 0 Å². The van der Waals surface area contributed by atoms with E-state index in [1.807, 2.05) is 6.07 Å². The van der Waals surface area contributed by atoms with Gasteiger partial charge >= 0.3 is 0 Å². The van der Waals surface area contributed by atoms with Gasteiger partial charge in [0.05, 0.1) is 0 Å². The molecule has 7 nitrogen and oxygen atoms in total. The highest BCUT2D eigenvalue weighted by molar-refractivity contribution is 5.99. The molecule has 0 saturated carbocycles. The third kappa shape index (κ3) is 5.20. The largest absolute Gasteiger partial charge is 0.399 e. The van der Waals surface area contributed by atoms with Gasteiger partial charge < -0.3 is 36.8 Å². The van der Waals surface area contributed by atoms with Crippen LogP contribution in [-0.4, -0.2) is 64.3 Å². The highest BCUT2D eigenvalue weighted by Gasteiger charge is 2.24. The van der Waals surface area contributed by atoms with Crippen LogP contribution in [0.1, 0.15) is 32.1 Å². The molecule has 0 amide bonds. The zero-order valence-corrected chi connectivity index (χ0v) is 23.3. The van der Waals surface area contributed by atoms with Crippen LogP contribution >= 0.6 is 0 Å². The van der Waals surface area contributed by atoms with E-state index in [-0.39, 0.29) is 0 Å². The molecule has 3 fully saturated rings. The van der Waals surface area contributed by atoms with Gasteiger partial charge in [0.15, 0.2) is 0 Å². The minimum absolute atomic E-state index is 0.752. The summed E-state index contributed by atoms with van der Waals surface area (Å²) in [5, 5.41) is 0. The number of nitrogens with zero attached hydrogens (tertiary/aromatic N) is 4. The Morgan fingerprint density at radius 1 is 0.513 bits per heavy atom. The number of nitrogens with two attached hydrogens (primary N) is 3. The van der Waals surface area contributed by atoms with E-state index in [4.69, 9.17) is 17.2 Å². The SMILES string of the molecule is CN1CCN(c2ccc(N)cc2-c2cc(N3CCCC3)cc(-c3cc(N4CCCCC4)ccc3N)c2N)CC1. The number of benzene rings is 3. The normalized spacial score (nSPS) is 18.6. The Morgan fingerprint density at radius 2 is 1.10 bits per heavy atom. The van der Waals surface area contributed by atoms with Gasteiger partial charge in [0.1, 0.15) is 0 Å². The minimum Gasteiger partial charge on any atom is -0.399 e. The summed E-state index contributed by atoms with van der Waals surface area (Å²) < 4.78 is 0. The van der Waals surface area contributed by atoms with Crippen molar-refractivity contribution < 1.29 is 0 Å². The topological polar surface area (TPSA) is 91.0 Å². The summed E-state index contributed by atoms with van der Waals surface area (Å²) in [6.45, 7) is 8.36. The van der Waals surface area contributed by atoms with Gasteiger partial charge in [0.2, 0.25) is 0 Å². The molecule has 3 aliphatic rings. The molecule has 0 aliphatic carbocycles. The molecule has 206 valence electrons. The van der Waals surface area contributed by atoms with E-state index in [2.05, 4.69) is 69.1 Å². The fourth-order valence-electron chi connectivity index (χ4n) is 6.46. The van der Waals surface area contributed by atoms with Crippen LogP contribution in [-0.2, 0) is 0 Å². The molecule has 3 aromatic rings. The van der Waals surface area contributed by atoms with Gasteiger partial charge in [0, 0.05) is 109 Å². The Bertz CT molecular complexity index is 1320. The van der Waals surface area contributed by atoms with Crippen LogP contribution in [0.25, 0.3) is 22.3 Å². The number of anilines is 6. The molecule has 3 saturated heterocycles. The monoisotopic (exact) mass is 525 g/mol. The van der Waals surface area contributed by atoms with E-state index in [0.717, 1.165) is 91.7 Å². The molecule has 0 atom stereocenters. The van der Waals surface area contributed by atoms with Crippen molar-refractivity contribution in [2.45, 2.75) is 32.1 Å². The van der Waals surface area contributed by atoms with Crippen molar-refractivity contribution in [2.24, 2.45) is 0 Å². The smallest absolute Gasteiger partial charge is 0.0476 e. The molecule has 0 radical (unpaired) electrons. The lowest BCUT2D eigenvalue weighted by atomic mass is 9.92. The molecule has 0 unspecified atom stereocenters. The van der Waals surface area contributed by atoms with Crippen LogP contribution in [0.15, 0.2) is 48.5 Å². The fraction of sp³-hybridized carbons (Fsp3) is 0.438. The first-order valence-electron chi connectivity index (χ1n) is 14.6. The second-order valence-electron chi connectivity index (χ2n) is 11.5. The predicted octanol–water partition coefficient (Wildman–Crippen LogP) is 5.11. The van der Waals surface area contributed by atoms with Crippen LogP contribution in [0.5, 0.6) is 0 Å². The van der Waals surface area contributed by atoms with Crippen LogP contribution in [0.4, 0.5) is 34.1 Å². The van der Waals surface area contributed by atoms with E-state index >= 15 is 0 Å². The Kier molecular flexibility index (Phi) is 7.17. The first-order chi connectivity index (χ1) is 19.0. The summed E-state index contributed by atoms with van der Waals surface area (Å²) in [5.74, 6) is 0. The van der Waals surface area contributed by atoms with Crippen molar-refractivity contribution in [3.05, 3.63) is 48.5 Å². The van der Waals surface area contributed by atoms with Crippen molar-refractivity contribution in [3.63, 3.8) is 0 Å². The van der Waals surface area contributed by atoms with Crippen molar-refractivity contribution in [1.29, 1.82) is 0 Å². The maximum Gasteiger partial charge on any atom is 0.0476 e. The van der Waals surface area contributed by atoms with Crippen molar-refractivity contribution in [1.82, 2.24) is 4.90 Å². The van der Waals surface area contributed by atoms with Gasteiger partial charge in [-0.15, -0.1) is 0 Å². The summed E-state index contributed by atoms with van der Waals surface area (Å²) in [6, 6.07) is 17.3. The molecule has 3 heterocycles. The van der Waals surface area contributed by atoms with Crippen molar-refractivity contribution in [3.8, 4) is 22.3 Å². The lowest BCUT2D eigenvalue weighted by Gasteiger charge is -2.35. The number of piperidine rings is 1. The first-order valence-corrected chi connectivity index (χ1v) is 14.6. The Balaban J connectivity index is 1.50. The summed E-state index contributed by atoms with van der Waals surface area (Å²) in [4.78, 5) is 9.82. The highest BCUT2D eigenvalue weighted by atomic mass is 15.2. The van der Waals surface area contributed by atoms with Gasteiger partial charge in [-0.3, -0.25) is 0 Å². The summed E-state index contributed by atoms with van der Waals surface area (Å²) >= 11 is 0. The third-order valence-corrected chi connectivity index (χ3v) is 8.84. The molecule has 0 spiro atoms. The van der Waals surface area contributed by atoms with Gasteiger partial charge in [-0.05, 0) is 87.7 Å². The van der Waals surface area contributed by atoms with E-state index in [9.17, 15) is 0 Å². The lowest BCUT2D eigenvalue weighted by Crippen LogP contribution is -2.44. The number of likely N-dealkylation sites (N-methyl/N-ethyl adjacent to an activating group) is 1. The highest BCUT2D eigenvalue weighted by Crippen LogP contribution is 2.45. The molecular formula is C32H43N7. The fourth-order valence-corrected chi connectivity index (χ4v) is 6.46. The molecule has 6 rings (SSSR count). The molecule has 0 aromatic heterocycles. The van der Waals surface area contributed by atoms with Crippen LogP contribution in [0.2, 0.25) is 0 Å². The van der Waals surface area contributed by atoms with Gasteiger partial charge in [-0.2, -0.15) is 0 Å². The van der Waals surface area contributed by atoms with Crippen LogP contribution in [0, 0.1) is 0 Å². The Morgan fingerprint density at radius 3 is 1.79 bits per heavy atom. The molecule has 39 heavy (non-hydrogen) atoms. The zero-order chi connectivity index (χ0) is 26.9. The standard InChI is InChI=1S/C32H43N7/c1-36-15-17-39(18-16-36)31-10-7-23(33)19-27(31)29-22-25(38-13-5-6-14-38)21-28(32(29)35)26-20-24(8-9-30(26)34)37-11-3-2-4-12-37/h7-10,19-22H,2-6,11-18,33-35H2,1H3. The molecular weight excluding hydrogens is 482 g/mol. The second kappa shape index (κ2) is 10.9. The molecule has 3 aromatic carbocycles. The summed E-state index contributed by atoms with van der Waals surface area (Å²) in [7, 11) is 2.19. The molecule has 6 N–H and O–H groups in total. The quantitative estimate of drug-likeness (QED) is 0.399. The minimum atomic E-state index is 0.752. The predicted molar refractivity (Wildman–Crippen MR) is 168 cm³/mol. The Hall–Kier alpha value is -3.58. The maximum absolute atomic E-state index is 7.13. The van der Waals surface area contributed by atoms with E-state index in [1.54, 1.807) is 0 Å². The number of nitrogen functional groups attached to an aromatic ring is 3. The third-order valence-electron chi connectivity index (χ3n) is 8.84. The molecule has 0 bridgehead atoms. The number of hydrogen-bond acceptors (Lipinski definition) is 7. The first kappa shape index (κ1) is 25.7. The lowest BCUT2D eigenvalue weighted by molar-refractivity contribution is 0.313. The summed E-state index contributed by atoms with van der Waals surface area (Å²) in [6.07, 6.45) is 6.21. The number of hydrogen-bond donors (Lipinski definition) is 3. The van der Waals surface area contributed by atoms with Gasteiger partial charge in [-0.1, -0.05) is 0 Å². The maximum atomic E-state index is 7.13. The van der Waals surface area contributed by atoms with E-state index in [0.29, 0.717) is 0 Å². The summed E-state index contributed by atoms with van der Waals surface area (Å²) in [5.41, 5.74) is 30.3. The van der Waals surface area contributed by atoms with Gasteiger partial charge in [-0.25, -0.2) is 0 Å². The van der Waals surface area contributed by atoms with Crippen LogP contribution < -0.4 is 31.9 Å². The Labute approximate surface area is 233 Å². The van der Waals surface area contributed by atoms with Crippen molar-refractivity contribution in [2.75, 3.05) is 91.3 Å². The average Bonchev–Trinajstić information content (AvgIpc) is 3.50. The van der Waals surface area contributed by atoms with Crippen LogP contribution in [0.3, 0.4) is 0 Å². The average molecular weight is 526 g/mol. The zero-order valence-electron chi connectivity index (χ0n) is 23.3. The molecule has 3 aliphatic heterocycles. The number of rotatable bonds is 5. The molecule has 7 heteroatoms. The van der Waals surface area contributed by atoms with Crippen molar-refractivity contribution >= 4 is 34.1 Å². The van der Waals surface area contributed by atoms with E-state index in [1.165, 1.54) is 49.2 Å². The number of piperazine rings is 1. The second-order valence-corrected chi connectivity index (χ2v) is 11.5. The van der Waals surface area contributed by atoms with Gasteiger partial charge in [0.25, 0.3) is 0 Å².